The maximum absolute atomic E-state index is 13.9. The molecule has 1 fully saturated rings. The van der Waals surface area contributed by atoms with Crippen LogP contribution in [0.15, 0.2) is 47.0 Å². The first kappa shape index (κ1) is 25.6. The Bertz CT molecular complexity index is 1240. The number of nitrogens with two attached hydrogens (primary N) is 1. The van der Waals surface area contributed by atoms with E-state index in [1.807, 2.05) is 26.0 Å². The van der Waals surface area contributed by atoms with Crippen LogP contribution >= 0.6 is 0 Å². The molecule has 0 spiro atoms. The quantitative estimate of drug-likeness (QED) is 0.562. The van der Waals surface area contributed by atoms with Crippen molar-refractivity contribution < 1.29 is 17.9 Å². The first-order valence-corrected chi connectivity index (χ1v) is 13.9. The van der Waals surface area contributed by atoms with Gasteiger partial charge in [0, 0.05) is 37.7 Å². The maximum atomic E-state index is 13.9. The minimum Gasteiger partial charge on any atom is -0.381 e. The Labute approximate surface area is 207 Å². The molecule has 1 unspecified atom stereocenters. The zero-order chi connectivity index (χ0) is 25.2. The van der Waals surface area contributed by atoms with Gasteiger partial charge in [-0.2, -0.15) is 9.40 Å². The molecule has 0 radical (unpaired) electrons. The van der Waals surface area contributed by atoms with E-state index in [0.717, 1.165) is 19.3 Å². The van der Waals surface area contributed by atoms with Gasteiger partial charge in [-0.1, -0.05) is 44.6 Å². The number of ether oxygens (including phenoxy) is 1. The summed E-state index contributed by atoms with van der Waals surface area (Å²) in [6, 6.07) is 2.77. The monoisotopic (exact) mass is 500 g/mol. The number of primary amides is 1. The van der Waals surface area contributed by atoms with E-state index in [0.29, 0.717) is 49.5 Å². The van der Waals surface area contributed by atoms with Crippen LogP contribution in [0.2, 0.25) is 0 Å². The van der Waals surface area contributed by atoms with E-state index in [2.05, 4.69) is 18.1 Å². The summed E-state index contributed by atoms with van der Waals surface area (Å²) in [6.45, 7) is 8.52. The molecule has 1 saturated heterocycles. The summed E-state index contributed by atoms with van der Waals surface area (Å²) in [5.74, 6) is -0.141. The molecule has 1 amide bonds. The van der Waals surface area contributed by atoms with E-state index in [1.54, 1.807) is 21.3 Å². The molecule has 0 bridgehead atoms. The number of aromatic nitrogens is 2. The van der Waals surface area contributed by atoms with E-state index in [-0.39, 0.29) is 22.4 Å². The molecule has 9 heteroatoms. The molecule has 2 aromatic rings. The lowest BCUT2D eigenvalue weighted by atomic mass is 10.0. The van der Waals surface area contributed by atoms with Gasteiger partial charge in [0.05, 0.1) is 22.2 Å². The lowest BCUT2D eigenvalue weighted by molar-refractivity contribution is 0.0605. The highest BCUT2D eigenvalue weighted by molar-refractivity contribution is 7.89. The van der Waals surface area contributed by atoms with Crippen LogP contribution in [0.3, 0.4) is 0 Å². The third kappa shape index (κ3) is 5.52. The number of fused-ring (bicyclic) bond motifs is 1. The molecule has 1 aliphatic carbocycles. The van der Waals surface area contributed by atoms with Crippen molar-refractivity contribution in [1.82, 2.24) is 14.1 Å². The van der Waals surface area contributed by atoms with Gasteiger partial charge in [0.1, 0.15) is 0 Å². The number of hydrogen-bond acceptors (Lipinski definition) is 5. The maximum Gasteiger partial charge on any atom is 0.250 e. The van der Waals surface area contributed by atoms with Gasteiger partial charge in [-0.25, -0.2) is 8.42 Å². The van der Waals surface area contributed by atoms with Crippen molar-refractivity contribution in [3.8, 4) is 0 Å². The summed E-state index contributed by atoms with van der Waals surface area (Å²) >= 11 is 0. The second-order valence-corrected chi connectivity index (χ2v) is 11.8. The normalized spacial score (nSPS) is 19.6. The van der Waals surface area contributed by atoms with Gasteiger partial charge in [-0.15, -0.1) is 0 Å². The number of hydrogen-bond donors (Lipinski definition) is 1. The fraction of sp³-hybridized carbons (Fsp3) is 0.538. The van der Waals surface area contributed by atoms with Crippen LogP contribution in [0.4, 0.5) is 0 Å². The third-order valence-corrected chi connectivity index (χ3v) is 8.70. The summed E-state index contributed by atoms with van der Waals surface area (Å²) in [4.78, 5) is 12.6. The molecular weight excluding hydrogens is 464 g/mol. The van der Waals surface area contributed by atoms with Crippen molar-refractivity contribution in [2.45, 2.75) is 63.9 Å². The number of allylic oxidation sites excluding steroid dienone is 2. The average Bonchev–Trinajstić information content (AvgIpc) is 3.25. The molecule has 4 rings (SSSR count). The molecule has 1 atom stereocenters. The minimum atomic E-state index is -3.89. The molecule has 2 N–H and O–H groups in total. The van der Waals surface area contributed by atoms with Crippen LogP contribution in [0.5, 0.6) is 0 Å². The molecule has 1 aliphatic heterocycles. The topological polar surface area (TPSA) is 108 Å². The van der Waals surface area contributed by atoms with E-state index in [9.17, 15) is 13.2 Å². The lowest BCUT2D eigenvalue weighted by Crippen LogP contribution is -2.42. The van der Waals surface area contributed by atoms with Crippen LogP contribution in [0.1, 0.15) is 56.8 Å². The third-order valence-electron chi connectivity index (χ3n) is 6.83. The fourth-order valence-corrected chi connectivity index (χ4v) is 6.71. The van der Waals surface area contributed by atoms with Gasteiger partial charge in [0.15, 0.2) is 0 Å². The van der Waals surface area contributed by atoms with Gasteiger partial charge in [0.2, 0.25) is 10.0 Å². The smallest absolute Gasteiger partial charge is 0.250 e. The summed E-state index contributed by atoms with van der Waals surface area (Å²) in [5, 5.41) is 5.10. The summed E-state index contributed by atoms with van der Waals surface area (Å²) in [6.07, 6.45) is 11.1. The van der Waals surface area contributed by atoms with Crippen LogP contribution in [0.25, 0.3) is 10.9 Å². The molecule has 35 heavy (non-hydrogen) atoms. The summed E-state index contributed by atoms with van der Waals surface area (Å²) in [5.41, 5.74) is 7.73. The molecule has 1 aromatic carbocycles. The van der Waals surface area contributed by atoms with Crippen molar-refractivity contribution in [2.24, 2.45) is 17.6 Å². The number of carbonyl (C=O) groups excluding carboxylic acids is 1. The van der Waals surface area contributed by atoms with Gasteiger partial charge in [0.25, 0.3) is 5.91 Å². The van der Waals surface area contributed by atoms with Gasteiger partial charge in [-0.05, 0) is 49.7 Å². The Hall–Kier alpha value is -2.49. The Morgan fingerprint density at radius 1 is 1.29 bits per heavy atom. The number of amides is 1. The van der Waals surface area contributed by atoms with Crippen LogP contribution < -0.4 is 5.73 Å². The standard InChI is InChI=1S/C26H36N4O4S/c1-4-19-5-7-22(8-6-19)30(16-18(2)3)35(32,33)23-13-21-15-28-29(17-20-9-11-34-12-10-20)25(21)24(14-23)26(27)31/h5-7,13-15,18,20,22H,4,8-12,16-17H2,1-3H3,(H2,27,31). The fourth-order valence-electron chi connectivity index (χ4n) is 4.89. The zero-order valence-corrected chi connectivity index (χ0v) is 21.6. The molecular formula is C26H36N4O4S. The second-order valence-electron chi connectivity index (χ2n) is 9.92. The minimum absolute atomic E-state index is 0.0729. The Morgan fingerprint density at radius 2 is 2.03 bits per heavy atom. The zero-order valence-electron chi connectivity index (χ0n) is 20.8. The molecule has 2 heterocycles. The molecule has 8 nitrogen and oxygen atoms in total. The predicted molar refractivity (Wildman–Crippen MR) is 136 cm³/mol. The first-order valence-electron chi connectivity index (χ1n) is 12.5. The molecule has 2 aliphatic rings. The van der Waals surface area contributed by atoms with Gasteiger partial charge >= 0.3 is 0 Å². The number of rotatable bonds is 9. The van der Waals surface area contributed by atoms with E-state index < -0.39 is 15.9 Å². The van der Waals surface area contributed by atoms with Gasteiger partial charge < -0.3 is 10.5 Å². The molecule has 190 valence electrons. The Morgan fingerprint density at radius 3 is 2.63 bits per heavy atom. The summed E-state index contributed by atoms with van der Waals surface area (Å²) < 4.78 is 36.7. The highest BCUT2D eigenvalue weighted by atomic mass is 32.2. The SMILES string of the molecule is CCC1=CCC(N(CC(C)C)S(=O)(=O)c2cc(C(N)=O)c3c(cnn3CC3CCOCC3)c2)C=C1. The van der Waals surface area contributed by atoms with E-state index >= 15 is 0 Å². The van der Waals surface area contributed by atoms with Crippen molar-refractivity contribution >= 4 is 26.8 Å². The molecule has 0 saturated carbocycles. The van der Waals surface area contributed by atoms with Crippen molar-refractivity contribution in [3.05, 3.63) is 47.7 Å². The average molecular weight is 501 g/mol. The number of carbonyl (C=O) groups is 1. The van der Waals surface area contributed by atoms with Crippen molar-refractivity contribution in [2.75, 3.05) is 19.8 Å². The van der Waals surface area contributed by atoms with Gasteiger partial charge in [-0.3, -0.25) is 9.48 Å². The predicted octanol–water partition coefficient (Wildman–Crippen LogP) is 3.87. The highest BCUT2D eigenvalue weighted by Crippen LogP contribution is 2.30. The van der Waals surface area contributed by atoms with Crippen LogP contribution in [0, 0.1) is 11.8 Å². The number of nitrogens with zero attached hydrogens (tertiary/aromatic N) is 3. The largest absolute Gasteiger partial charge is 0.381 e. The van der Waals surface area contributed by atoms with Crippen molar-refractivity contribution in [3.63, 3.8) is 0 Å². The Kier molecular flexibility index (Phi) is 7.78. The number of sulfonamides is 1. The van der Waals surface area contributed by atoms with Crippen LogP contribution in [-0.2, 0) is 21.3 Å². The second kappa shape index (κ2) is 10.6. The first-order chi connectivity index (χ1) is 16.7. The van der Waals surface area contributed by atoms with Crippen LogP contribution in [-0.4, -0.2) is 54.2 Å². The van der Waals surface area contributed by atoms with E-state index in [1.165, 1.54) is 11.6 Å². The summed E-state index contributed by atoms with van der Waals surface area (Å²) in [7, 11) is -3.89. The van der Waals surface area contributed by atoms with E-state index in [4.69, 9.17) is 10.5 Å². The number of benzene rings is 1. The molecule has 1 aromatic heterocycles. The lowest BCUT2D eigenvalue weighted by Gasteiger charge is -2.31. The highest BCUT2D eigenvalue weighted by Gasteiger charge is 2.33. The Balaban J connectivity index is 1.73. The van der Waals surface area contributed by atoms with Crippen molar-refractivity contribution in [1.29, 1.82) is 0 Å².